The van der Waals surface area contributed by atoms with Gasteiger partial charge in [0.2, 0.25) is 0 Å². The van der Waals surface area contributed by atoms with Crippen molar-refractivity contribution in [1.82, 2.24) is 4.98 Å². The predicted molar refractivity (Wildman–Crippen MR) is 63.1 cm³/mol. The number of hydrogen-bond acceptors (Lipinski definition) is 5. The first kappa shape index (κ1) is 10.5. The number of nitrogens with zero attached hydrogens (tertiary/aromatic N) is 2. The van der Waals surface area contributed by atoms with Crippen LogP contribution >= 0.6 is 11.3 Å². The van der Waals surface area contributed by atoms with Gasteiger partial charge in [-0.05, 0) is 24.3 Å². The Morgan fingerprint density at radius 1 is 1.38 bits per heavy atom. The molecule has 5 heteroatoms. The summed E-state index contributed by atoms with van der Waals surface area (Å²) in [7, 11) is 1.63. The normalized spacial score (nSPS) is 9.50. The molecule has 0 aliphatic heterocycles. The molecule has 0 saturated carbocycles. The Bertz CT molecular complexity index is 513. The Hall–Kier alpha value is -2.06. The molecule has 0 fully saturated rings. The summed E-state index contributed by atoms with van der Waals surface area (Å²) in [5.41, 5.74) is 0.916. The summed E-state index contributed by atoms with van der Waals surface area (Å²) in [5, 5.41) is 12.5. The minimum atomic E-state index is 0.594. The molecule has 16 heavy (non-hydrogen) atoms. The van der Waals surface area contributed by atoms with E-state index in [0.29, 0.717) is 10.0 Å². The number of ether oxygens (including phenoxy) is 1. The fraction of sp³-hybridized carbons (Fsp3) is 0.0909. The number of rotatable bonds is 3. The number of thiazole rings is 1. The third-order valence-electron chi connectivity index (χ3n) is 1.96. The molecular formula is C11H9N3OS. The third kappa shape index (κ3) is 2.30. The maximum absolute atomic E-state index is 8.66. The van der Waals surface area contributed by atoms with Gasteiger partial charge in [-0.3, -0.25) is 0 Å². The molecule has 1 aromatic carbocycles. The molecule has 2 aromatic rings. The summed E-state index contributed by atoms with van der Waals surface area (Å²) in [4.78, 5) is 4.67. The topological polar surface area (TPSA) is 57.9 Å². The minimum absolute atomic E-state index is 0.594. The molecule has 1 aromatic heterocycles. The van der Waals surface area contributed by atoms with Crippen molar-refractivity contribution in [3.63, 3.8) is 0 Å². The van der Waals surface area contributed by atoms with E-state index in [0.717, 1.165) is 11.4 Å². The van der Waals surface area contributed by atoms with Crippen molar-refractivity contribution in [1.29, 1.82) is 5.26 Å². The molecule has 4 nitrogen and oxygen atoms in total. The fourth-order valence-corrected chi connectivity index (χ4v) is 1.82. The van der Waals surface area contributed by atoms with Crippen LogP contribution in [-0.2, 0) is 0 Å². The van der Waals surface area contributed by atoms with Crippen LogP contribution in [-0.4, -0.2) is 12.1 Å². The SMILES string of the molecule is COc1ccc(Nc2ncc(C#N)s2)cc1. The van der Waals surface area contributed by atoms with E-state index in [2.05, 4.69) is 10.3 Å². The highest BCUT2D eigenvalue weighted by atomic mass is 32.1. The highest BCUT2D eigenvalue weighted by Crippen LogP contribution is 2.23. The van der Waals surface area contributed by atoms with E-state index < -0.39 is 0 Å². The molecule has 0 radical (unpaired) electrons. The predicted octanol–water partition coefficient (Wildman–Crippen LogP) is 2.77. The Kier molecular flexibility index (Phi) is 3.03. The molecule has 0 spiro atoms. The summed E-state index contributed by atoms with van der Waals surface area (Å²) < 4.78 is 5.06. The van der Waals surface area contributed by atoms with Gasteiger partial charge in [0.05, 0.1) is 13.3 Å². The van der Waals surface area contributed by atoms with Crippen molar-refractivity contribution in [3.8, 4) is 11.8 Å². The smallest absolute Gasteiger partial charge is 0.188 e. The van der Waals surface area contributed by atoms with Gasteiger partial charge in [-0.2, -0.15) is 5.26 Å². The van der Waals surface area contributed by atoms with E-state index in [1.54, 1.807) is 13.3 Å². The quantitative estimate of drug-likeness (QED) is 0.882. The third-order valence-corrected chi connectivity index (χ3v) is 2.77. The Morgan fingerprint density at radius 2 is 2.12 bits per heavy atom. The lowest BCUT2D eigenvalue weighted by Gasteiger charge is -2.03. The van der Waals surface area contributed by atoms with Crippen molar-refractivity contribution in [3.05, 3.63) is 35.3 Å². The van der Waals surface area contributed by atoms with Gasteiger partial charge in [-0.15, -0.1) is 0 Å². The number of aromatic nitrogens is 1. The van der Waals surface area contributed by atoms with Crippen molar-refractivity contribution >= 4 is 22.2 Å². The molecular weight excluding hydrogens is 222 g/mol. The second-order valence-electron chi connectivity index (χ2n) is 2.99. The molecule has 0 bridgehead atoms. The maximum atomic E-state index is 8.66. The molecule has 0 unspecified atom stereocenters. The monoisotopic (exact) mass is 231 g/mol. The fourth-order valence-electron chi connectivity index (χ4n) is 1.18. The number of nitriles is 1. The zero-order valence-corrected chi connectivity index (χ0v) is 9.41. The van der Waals surface area contributed by atoms with Crippen LogP contribution in [0.5, 0.6) is 5.75 Å². The van der Waals surface area contributed by atoms with Gasteiger partial charge >= 0.3 is 0 Å². The van der Waals surface area contributed by atoms with Crippen LogP contribution in [0.3, 0.4) is 0 Å². The first-order valence-electron chi connectivity index (χ1n) is 4.59. The largest absolute Gasteiger partial charge is 0.497 e. The van der Waals surface area contributed by atoms with Gasteiger partial charge in [-0.1, -0.05) is 11.3 Å². The molecule has 0 atom stereocenters. The molecule has 0 aliphatic rings. The van der Waals surface area contributed by atoms with Crippen LogP contribution < -0.4 is 10.1 Å². The van der Waals surface area contributed by atoms with Crippen molar-refractivity contribution in [2.45, 2.75) is 0 Å². The average molecular weight is 231 g/mol. The van der Waals surface area contributed by atoms with Gasteiger partial charge in [0.1, 0.15) is 16.7 Å². The maximum Gasteiger partial charge on any atom is 0.188 e. The Morgan fingerprint density at radius 3 is 2.69 bits per heavy atom. The van der Waals surface area contributed by atoms with E-state index in [-0.39, 0.29) is 0 Å². The number of nitrogens with one attached hydrogen (secondary N) is 1. The Balaban J connectivity index is 2.11. The van der Waals surface area contributed by atoms with E-state index in [1.807, 2.05) is 30.3 Å². The first-order chi connectivity index (χ1) is 7.81. The number of anilines is 2. The second-order valence-corrected chi connectivity index (χ2v) is 4.03. The lowest BCUT2D eigenvalue weighted by atomic mass is 10.3. The number of methoxy groups -OCH3 is 1. The summed E-state index contributed by atoms with van der Waals surface area (Å²) in [6.45, 7) is 0. The van der Waals surface area contributed by atoms with Gasteiger partial charge in [0, 0.05) is 5.69 Å². The highest BCUT2D eigenvalue weighted by Gasteiger charge is 2.01. The average Bonchev–Trinajstić information content (AvgIpc) is 2.78. The van der Waals surface area contributed by atoms with Crippen LogP contribution in [0.4, 0.5) is 10.8 Å². The summed E-state index contributed by atoms with van der Waals surface area (Å²) in [6.07, 6.45) is 1.55. The molecule has 0 saturated heterocycles. The van der Waals surface area contributed by atoms with Gasteiger partial charge in [0.15, 0.2) is 5.13 Å². The molecule has 1 heterocycles. The lowest BCUT2D eigenvalue weighted by molar-refractivity contribution is 0.415. The van der Waals surface area contributed by atoms with Crippen LogP contribution in [0.1, 0.15) is 4.88 Å². The van der Waals surface area contributed by atoms with E-state index in [4.69, 9.17) is 10.00 Å². The van der Waals surface area contributed by atoms with Crippen LogP contribution in [0.15, 0.2) is 30.5 Å². The summed E-state index contributed by atoms with van der Waals surface area (Å²) >= 11 is 1.32. The molecule has 0 amide bonds. The van der Waals surface area contributed by atoms with Crippen molar-refractivity contribution < 1.29 is 4.74 Å². The first-order valence-corrected chi connectivity index (χ1v) is 5.40. The van der Waals surface area contributed by atoms with E-state index in [9.17, 15) is 0 Å². The van der Waals surface area contributed by atoms with E-state index in [1.165, 1.54) is 11.3 Å². The van der Waals surface area contributed by atoms with Crippen LogP contribution in [0, 0.1) is 11.3 Å². The minimum Gasteiger partial charge on any atom is -0.497 e. The van der Waals surface area contributed by atoms with Crippen LogP contribution in [0.25, 0.3) is 0 Å². The van der Waals surface area contributed by atoms with Gasteiger partial charge < -0.3 is 10.1 Å². The molecule has 1 N–H and O–H groups in total. The summed E-state index contributed by atoms with van der Waals surface area (Å²) in [5.74, 6) is 0.808. The summed E-state index contributed by atoms with van der Waals surface area (Å²) in [6, 6.07) is 9.56. The molecule has 0 aliphatic carbocycles. The number of hydrogen-bond donors (Lipinski definition) is 1. The molecule has 2 rings (SSSR count). The zero-order chi connectivity index (χ0) is 11.4. The number of benzene rings is 1. The van der Waals surface area contributed by atoms with Gasteiger partial charge in [-0.25, -0.2) is 4.98 Å². The highest BCUT2D eigenvalue weighted by molar-refractivity contribution is 7.16. The van der Waals surface area contributed by atoms with Crippen LogP contribution in [0.2, 0.25) is 0 Å². The van der Waals surface area contributed by atoms with E-state index >= 15 is 0 Å². The standard InChI is InChI=1S/C11H9N3OS/c1-15-9-4-2-8(3-5-9)14-11-13-7-10(6-12)16-11/h2-5,7H,1H3,(H,13,14). The Labute approximate surface area is 97.1 Å². The van der Waals surface area contributed by atoms with Gasteiger partial charge in [0.25, 0.3) is 0 Å². The second kappa shape index (κ2) is 4.64. The lowest BCUT2D eigenvalue weighted by Crippen LogP contribution is -1.89. The molecule has 80 valence electrons. The zero-order valence-electron chi connectivity index (χ0n) is 8.60. The van der Waals surface area contributed by atoms with Crippen molar-refractivity contribution in [2.24, 2.45) is 0 Å². The van der Waals surface area contributed by atoms with Crippen molar-refractivity contribution in [2.75, 3.05) is 12.4 Å².